The fourth-order valence-corrected chi connectivity index (χ4v) is 2.50. The molecule has 1 heterocycles. The molecule has 0 fully saturated rings. The van der Waals surface area contributed by atoms with Crippen LogP contribution in [-0.4, -0.2) is 20.5 Å². The van der Waals surface area contributed by atoms with Gasteiger partial charge in [-0.1, -0.05) is 18.2 Å². The van der Waals surface area contributed by atoms with Gasteiger partial charge in [-0.2, -0.15) is 5.10 Å². The van der Waals surface area contributed by atoms with E-state index in [9.17, 15) is 19.3 Å². The first-order chi connectivity index (χ1) is 12.5. The van der Waals surface area contributed by atoms with Gasteiger partial charge in [-0.3, -0.25) is 14.9 Å². The number of allylic oxidation sites excluding steroid dienone is 1. The number of hydrogen-bond donors (Lipinski definition) is 0. The molecule has 0 aliphatic rings. The summed E-state index contributed by atoms with van der Waals surface area (Å²) in [6.07, 6.45) is 4.31. The minimum atomic E-state index is -0.490. The lowest BCUT2D eigenvalue weighted by Gasteiger charge is -2.04. The minimum absolute atomic E-state index is 0.0418. The number of non-ortho nitro benzene ring substituents is 1. The molecule has 0 radical (unpaired) electrons. The molecule has 26 heavy (non-hydrogen) atoms. The molecular weight excluding hydrogens is 337 g/mol. The second-order valence-electron chi connectivity index (χ2n) is 5.58. The van der Waals surface area contributed by atoms with Crippen molar-refractivity contribution in [2.75, 3.05) is 0 Å². The van der Waals surface area contributed by atoms with Crippen molar-refractivity contribution in [2.24, 2.45) is 0 Å². The zero-order chi connectivity index (χ0) is 18.7. The summed E-state index contributed by atoms with van der Waals surface area (Å²) < 4.78 is 14.6. The Morgan fingerprint density at radius 3 is 2.65 bits per heavy atom. The highest BCUT2D eigenvalue weighted by Crippen LogP contribution is 2.17. The number of carbonyl (C=O) groups is 1. The predicted molar refractivity (Wildman–Crippen MR) is 94.7 cm³/mol. The van der Waals surface area contributed by atoms with Crippen molar-refractivity contribution in [1.29, 1.82) is 0 Å². The highest BCUT2D eigenvalue weighted by Gasteiger charge is 2.13. The first-order valence-electron chi connectivity index (χ1n) is 7.73. The van der Waals surface area contributed by atoms with Gasteiger partial charge in [0.15, 0.2) is 5.78 Å². The Labute approximate surface area is 148 Å². The lowest BCUT2D eigenvalue weighted by molar-refractivity contribution is -0.384. The third-order valence-corrected chi connectivity index (χ3v) is 3.85. The molecule has 0 unspecified atom stereocenters. The van der Waals surface area contributed by atoms with Crippen LogP contribution >= 0.6 is 0 Å². The quantitative estimate of drug-likeness (QED) is 0.300. The maximum atomic E-state index is 13.0. The average molecular weight is 351 g/mol. The smallest absolute Gasteiger partial charge is 0.270 e. The molecule has 0 atom stereocenters. The predicted octanol–water partition coefficient (Wildman–Crippen LogP) is 4.12. The maximum absolute atomic E-state index is 13.0. The van der Waals surface area contributed by atoms with Crippen LogP contribution in [0.2, 0.25) is 0 Å². The summed E-state index contributed by atoms with van der Waals surface area (Å²) in [5, 5.41) is 15.0. The van der Waals surface area contributed by atoms with E-state index in [0.29, 0.717) is 22.5 Å². The monoisotopic (exact) mass is 351 g/mol. The Kier molecular flexibility index (Phi) is 4.70. The van der Waals surface area contributed by atoms with Gasteiger partial charge in [0.25, 0.3) is 5.69 Å². The Hall–Kier alpha value is -3.61. The second kappa shape index (κ2) is 7.10. The van der Waals surface area contributed by atoms with Crippen LogP contribution in [0.5, 0.6) is 0 Å². The van der Waals surface area contributed by atoms with Gasteiger partial charge in [-0.05, 0) is 42.8 Å². The van der Waals surface area contributed by atoms with Gasteiger partial charge in [-0.25, -0.2) is 9.07 Å². The van der Waals surface area contributed by atoms with Crippen molar-refractivity contribution in [3.63, 3.8) is 0 Å². The fourth-order valence-electron chi connectivity index (χ4n) is 2.50. The summed E-state index contributed by atoms with van der Waals surface area (Å²) in [5.74, 6) is -0.628. The van der Waals surface area contributed by atoms with Gasteiger partial charge in [-0.15, -0.1) is 0 Å². The lowest BCUT2D eigenvalue weighted by Crippen LogP contribution is -2.01. The molecule has 7 heteroatoms. The van der Waals surface area contributed by atoms with Gasteiger partial charge in [0.05, 0.1) is 28.1 Å². The molecule has 0 saturated carbocycles. The van der Waals surface area contributed by atoms with Crippen molar-refractivity contribution < 1.29 is 14.1 Å². The van der Waals surface area contributed by atoms with Crippen molar-refractivity contribution in [2.45, 2.75) is 6.92 Å². The highest BCUT2D eigenvalue weighted by atomic mass is 19.1. The van der Waals surface area contributed by atoms with E-state index < -0.39 is 4.92 Å². The Morgan fingerprint density at radius 2 is 1.96 bits per heavy atom. The number of hydrogen-bond acceptors (Lipinski definition) is 4. The van der Waals surface area contributed by atoms with Crippen LogP contribution in [0.3, 0.4) is 0 Å². The molecule has 6 nitrogen and oxygen atoms in total. The summed E-state index contributed by atoms with van der Waals surface area (Å²) in [6, 6.07) is 11.8. The number of nitrogens with zero attached hydrogens (tertiary/aromatic N) is 3. The number of aromatic nitrogens is 2. The highest BCUT2D eigenvalue weighted by molar-refractivity contribution is 6.07. The van der Waals surface area contributed by atoms with E-state index in [2.05, 4.69) is 5.10 Å². The van der Waals surface area contributed by atoms with Crippen molar-refractivity contribution in [1.82, 2.24) is 9.78 Å². The van der Waals surface area contributed by atoms with Crippen molar-refractivity contribution >= 4 is 17.5 Å². The standard InChI is InChI=1S/C19H14FN3O3/c1-13-18(12-21-22(13)16-8-6-15(20)7-9-16)19(24)10-5-14-3-2-4-17(11-14)23(25)26/h2-12H,1H3/b10-5+. The van der Waals surface area contributed by atoms with Crippen molar-refractivity contribution in [3.05, 3.63) is 93.6 Å². The first kappa shape index (κ1) is 17.2. The maximum Gasteiger partial charge on any atom is 0.270 e. The third-order valence-electron chi connectivity index (χ3n) is 3.85. The molecule has 0 amide bonds. The van der Waals surface area contributed by atoms with Crippen LogP contribution < -0.4 is 0 Å². The zero-order valence-corrected chi connectivity index (χ0v) is 13.8. The normalized spacial score (nSPS) is 11.0. The van der Waals surface area contributed by atoms with Crippen LogP contribution in [0.4, 0.5) is 10.1 Å². The summed E-state index contributed by atoms with van der Waals surface area (Å²) in [5.41, 5.74) is 2.17. The molecule has 0 N–H and O–H groups in total. The number of benzene rings is 2. The number of nitro groups is 1. The Morgan fingerprint density at radius 1 is 1.23 bits per heavy atom. The van der Waals surface area contributed by atoms with E-state index in [4.69, 9.17) is 0 Å². The van der Waals surface area contributed by atoms with Crippen LogP contribution in [-0.2, 0) is 0 Å². The third kappa shape index (κ3) is 3.56. The summed E-state index contributed by atoms with van der Waals surface area (Å²) in [4.78, 5) is 22.7. The largest absolute Gasteiger partial charge is 0.289 e. The number of nitro benzene ring substituents is 1. The fraction of sp³-hybridized carbons (Fsp3) is 0.0526. The molecule has 0 spiro atoms. The molecule has 2 aromatic carbocycles. The molecular formula is C19H14FN3O3. The van der Waals surface area contributed by atoms with Crippen LogP contribution in [0.1, 0.15) is 21.6 Å². The van der Waals surface area contributed by atoms with Gasteiger partial charge in [0.2, 0.25) is 0 Å². The molecule has 0 aliphatic carbocycles. The molecule has 3 rings (SSSR count). The molecule has 0 aliphatic heterocycles. The van der Waals surface area contributed by atoms with Crippen LogP contribution in [0.25, 0.3) is 11.8 Å². The summed E-state index contributed by atoms with van der Waals surface area (Å²) >= 11 is 0. The summed E-state index contributed by atoms with van der Waals surface area (Å²) in [7, 11) is 0. The minimum Gasteiger partial charge on any atom is -0.289 e. The molecule has 0 saturated heterocycles. The second-order valence-corrected chi connectivity index (χ2v) is 5.58. The SMILES string of the molecule is Cc1c(C(=O)/C=C/c2cccc([N+](=O)[O-])c2)cnn1-c1ccc(F)cc1. The van der Waals surface area contributed by atoms with E-state index in [0.717, 1.165) is 0 Å². The number of carbonyl (C=O) groups excluding carboxylic acids is 1. The topological polar surface area (TPSA) is 78.0 Å². The molecule has 3 aromatic rings. The molecule has 0 bridgehead atoms. The zero-order valence-electron chi connectivity index (χ0n) is 13.8. The summed E-state index contributed by atoms with van der Waals surface area (Å²) in [6.45, 7) is 1.74. The van der Waals surface area contributed by atoms with E-state index in [-0.39, 0.29) is 17.3 Å². The van der Waals surface area contributed by atoms with E-state index in [1.54, 1.807) is 35.9 Å². The van der Waals surface area contributed by atoms with E-state index >= 15 is 0 Å². The number of ketones is 1. The number of halogens is 1. The van der Waals surface area contributed by atoms with Crippen LogP contribution in [0.15, 0.2) is 60.8 Å². The Balaban J connectivity index is 1.84. The van der Waals surface area contributed by atoms with Gasteiger partial charge in [0, 0.05) is 12.1 Å². The average Bonchev–Trinajstić information content (AvgIpc) is 3.02. The number of rotatable bonds is 5. The lowest BCUT2D eigenvalue weighted by atomic mass is 10.1. The van der Waals surface area contributed by atoms with E-state index in [1.807, 2.05) is 0 Å². The first-order valence-corrected chi connectivity index (χ1v) is 7.73. The molecule has 130 valence electrons. The molecule has 1 aromatic heterocycles. The van der Waals surface area contributed by atoms with Gasteiger partial charge < -0.3 is 0 Å². The van der Waals surface area contributed by atoms with Crippen LogP contribution in [0, 0.1) is 22.9 Å². The van der Waals surface area contributed by atoms with Gasteiger partial charge >= 0.3 is 0 Å². The van der Waals surface area contributed by atoms with Gasteiger partial charge in [0.1, 0.15) is 5.82 Å². The van der Waals surface area contributed by atoms with Crippen molar-refractivity contribution in [3.8, 4) is 5.69 Å². The van der Waals surface area contributed by atoms with E-state index in [1.165, 1.54) is 42.6 Å². The Bertz CT molecular complexity index is 1010.